The summed E-state index contributed by atoms with van der Waals surface area (Å²) < 4.78 is 72.9. The molecule has 0 spiro atoms. The van der Waals surface area contributed by atoms with Gasteiger partial charge >= 0.3 is 21.6 Å². The maximum atomic E-state index is 13.1. The van der Waals surface area contributed by atoms with Gasteiger partial charge in [0.05, 0.1) is 12.7 Å². The maximum Gasteiger partial charge on any atom is 0.523 e. The van der Waals surface area contributed by atoms with Crippen molar-refractivity contribution in [1.29, 1.82) is 0 Å². The number of hydrogen-bond acceptors (Lipinski definition) is 5. The quantitative estimate of drug-likeness (QED) is 0.275. The number of methoxy groups -OCH3 is 1. The highest BCUT2D eigenvalue weighted by Crippen LogP contribution is 2.47. The topological polar surface area (TPSA) is 69.7 Å². The van der Waals surface area contributed by atoms with Gasteiger partial charge in [0.15, 0.2) is 0 Å². The summed E-state index contributed by atoms with van der Waals surface area (Å²) in [5.41, 5.74) is -4.17. The Morgan fingerprint density at radius 1 is 1.10 bits per heavy atom. The van der Waals surface area contributed by atoms with Crippen LogP contribution >= 0.6 is 0 Å². The predicted octanol–water partition coefficient (Wildman–Crippen LogP) is 5.16. The van der Waals surface area contributed by atoms with Gasteiger partial charge in [0.25, 0.3) is 0 Å². The lowest BCUT2D eigenvalue weighted by Gasteiger charge is -2.36. The largest absolute Gasteiger partial charge is 0.523 e. The number of halogens is 3. The molecule has 1 saturated carbocycles. The summed E-state index contributed by atoms with van der Waals surface area (Å²) in [6.07, 6.45) is 4.17. The van der Waals surface area contributed by atoms with E-state index in [0.29, 0.717) is 36.3 Å². The highest BCUT2D eigenvalue weighted by molar-refractivity contribution is 7.87. The number of ether oxygens (including phenoxy) is 1. The minimum atomic E-state index is -5.76. The Kier molecular flexibility index (Phi) is 6.81. The van der Waals surface area contributed by atoms with Crippen LogP contribution in [0.25, 0.3) is 0 Å². The number of hydrogen-bond donors (Lipinski definition) is 0. The zero-order valence-corrected chi connectivity index (χ0v) is 17.9. The lowest BCUT2D eigenvalue weighted by atomic mass is 9.72. The third-order valence-electron chi connectivity index (χ3n) is 6.42. The molecule has 2 aliphatic rings. The number of fused-ring (bicyclic) bond motifs is 1. The highest BCUT2D eigenvalue weighted by atomic mass is 32.2. The van der Waals surface area contributed by atoms with Gasteiger partial charge in [0.1, 0.15) is 6.10 Å². The van der Waals surface area contributed by atoms with Crippen LogP contribution in [0.15, 0.2) is 18.2 Å². The van der Waals surface area contributed by atoms with Gasteiger partial charge in [-0.05, 0) is 73.1 Å². The monoisotopic (exact) mass is 448 g/mol. The van der Waals surface area contributed by atoms with Crippen molar-refractivity contribution >= 4 is 16.1 Å². The van der Waals surface area contributed by atoms with Gasteiger partial charge in [-0.25, -0.2) is 4.79 Å². The average Bonchev–Trinajstić information content (AvgIpc) is 2.86. The number of esters is 1. The van der Waals surface area contributed by atoms with Crippen LogP contribution in [0.2, 0.25) is 0 Å². The molecule has 3 rings (SSSR count). The van der Waals surface area contributed by atoms with Crippen molar-refractivity contribution in [1.82, 2.24) is 0 Å². The number of carbonyl (C=O) groups excluding carboxylic acids is 1. The summed E-state index contributed by atoms with van der Waals surface area (Å²) in [7, 11) is -4.52. The van der Waals surface area contributed by atoms with Gasteiger partial charge in [0.2, 0.25) is 0 Å². The molecule has 1 aromatic rings. The first kappa shape index (κ1) is 23.1. The molecule has 0 radical (unpaired) electrons. The van der Waals surface area contributed by atoms with E-state index >= 15 is 0 Å². The molecule has 1 aromatic carbocycles. The zero-order valence-electron chi connectivity index (χ0n) is 17.1. The maximum absolute atomic E-state index is 13.1. The second kappa shape index (κ2) is 8.86. The van der Waals surface area contributed by atoms with Crippen LogP contribution in [0.5, 0.6) is 0 Å². The number of benzene rings is 1. The van der Waals surface area contributed by atoms with Gasteiger partial charge < -0.3 is 4.74 Å². The van der Waals surface area contributed by atoms with E-state index in [4.69, 9.17) is 8.92 Å². The van der Waals surface area contributed by atoms with Crippen molar-refractivity contribution < 1.29 is 35.3 Å². The molecule has 0 heterocycles. The summed E-state index contributed by atoms with van der Waals surface area (Å²) in [6.45, 7) is 2.15. The zero-order chi connectivity index (χ0) is 22.1. The Labute approximate surface area is 175 Å². The molecule has 5 nitrogen and oxygen atoms in total. The average molecular weight is 449 g/mol. The Morgan fingerprint density at radius 3 is 2.37 bits per heavy atom. The molecule has 2 unspecified atom stereocenters. The molecule has 0 aliphatic heterocycles. The Hall–Kier alpha value is -1.61. The fourth-order valence-electron chi connectivity index (χ4n) is 4.77. The van der Waals surface area contributed by atoms with Crippen LogP contribution in [-0.2, 0) is 25.5 Å². The van der Waals surface area contributed by atoms with Gasteiger partial charge in [-0.15, -0.1) is 0 Å². The lowest BCUT2D eigenvalue weighted by Crippen LogP contribution is -2.33. The van der Waals surface area contributed by atoms with Crippen LogP contribution in [-0.4, -0.2) is 27.0 Å². The van der Waals surface area contributed by atoms with E-state index in [0.717, 1.165) is 25.7 Å². The SMILES string of the molecule is COC(=O)c1ccc2c(c1)CCCC(C1CCC(C)CC1)C2OS(=O)(=O)C(F)(F)F. The molecule has 0 N–H and O–H groups in total. The fraction of sp³-hybridized carbons (Fsp3) is 0.667. The molecular weight excluding hydrogens is 421 g/mol. The molecule has 0 bridgehead atoms. The third kappa shape index (κ3) is 4.82. The summed E-state index contributed by atoms with van der Waals surface area (Å²) in [5, 5.41) is 0. The van der Waals surface area contributed by atoms with Crippen LogP contribution in [0.3, 0.4) is 0 Å². The van der Waals surface area contributed by atoms with Crippen LogP contribution in [0, 0.1) is 17.8 Å². The van der Waals surface area contributed by atoms with E-state index in [2.05, 4.69) is 6.92 Å². The van der Waals surface area contributed by atoms with E-state index < -0.39 is 27.7 Å². The Bertz CT molecular complexity index is 873. The molecule has 30 heavy (non-hydrogen) atoms. The molecule has 9 heteroatoms. The highest BCUT2D eigenvalue weighted by Gasteiger charge is 2.50. The third-order valence-corrected chi connectivity index (χ3v) is 7.45. The fourth-order valence-corrected chi connectivity index (χ4v) is 5.39. The Balaban J connectivity index is 2.02. The smallest absolute Gasteiger partial charge is 0.465 e. The van der Waals surface area contributed by atoms with Gasteiger partial charge in [-0.3, -0.25) is 4.18 Å². The van der Waals surface area contributed by atoms with Crippen molar-refractivity contribution in [3.05, 3.63) is 34.9 Å². The van der Waals surface area contributed by atoms with E-state index in [-0.39, 0.29) is 17.4 Å². The van der Waals surface area contributed by atoms with Crippen LogP contribution in [0.1, 0.15) is 73.0 Å². The molecule has 0 aromatic heterocycles. The summed E-state index contributed by atoms with van der Waals surface area (Å²) in [6, 6.07) is 4.54. The van der Waals surface area contributed by atoms with Crippen molar-refractivity contribution in [2.45, 2.75) is 63.5 Å². The van der Waals surface area contributed by atoms with Gasteiger partial charge in [0, 0.05) is 0 Å². The van der Waals surface area contributed by atoms with E-state index in [1.165, 1.54) is 19.2 Å². The van der Waals surface area contributed by atoms with Gasteiger partial charge in [-0.2, -0.15) is 21.6 Å². The molecule has 0 amide bonds. The minimum Gasteiger partial charge on any atom is -0.465 e. The van der Waals surface area contributed by atoms with Gasteiger partial charge in [-0.1, -0.05) is 25.8 Å². The van der Waals surface area contributed by atoms with Crippen LogP contribution < -0.4 is 0 Å². The molecule has 2 aliphatic carbocycles. The van der Waals surface area contributed by atoms with Crippen molar-refractivity contribution in [3.8, 4) is 0 Å². The lowest BCUT2D eigenvalue weighted by molar-refractivity contribution is -0.0619. The second-order valence-electron chi connectivity index (χ2n) is 8.40. The number of carbonyl (C=O) groups is 1. The number of rotatable bonds is 4. The van der Waals surface area contributed by atoms with E-state index in [1.54, 1.807) is 6.07 Å². The first-order valence-corrected chi connectivity index (χ1v) is 11.6. The number of alkyl halides is 3. The van der Waals surface area contributed by atoms with E-state index in [9.17, 15) is 26.4 Å². The van der Waals surface area contributed by atoms with E-state index in [1.807, 2.05) is 0 Å². The van der Waals surface area contributed by atoms with Crippen molar-refractivity contribution in [3.63, 3.8) is 0 Å². The minimum absolute atomic E-state index is 0.0980. The molecular formula is C21H27F3O5S. The molecule has 1 fully saturated rings. The first-order chi connectivity index (χ1) is 14.0. The van der Waals surface area contributed by atoms with Crippen LogP contribution in [0.4, 0.5) is 13.2 Å². The molecule has 2 atom stereocenters. The van der Waals surface area contributed by atoms with Crippen molar-refractivity contribution in [2.75, 3.05) is 7.11 Å². The summed E-state index contributed by atoms with van der Waals surface area (Å²) in [4.78, 5) is 11.9. The normalized spacial score (nSPS) is 27.8. The first-order valence-electron chi connectivity index (χ1n) is 10.2. The summed E-state index contributed by atoms with van der Waals surface area (Å²) >= 11 is 0. The summed E-state index contributed by atoms with van der Waals surface area (Å²) in [5.74, 6) is -0.235. The van der Waals surface area contributed by atoms with Crippen molar-refractivity contribution in [2.24, 2.45) is 17.8 Å². The second-order valence-corrected chi connectivity index (χ2v) is 9.96. The standard InChI is InChI=1S/C21H27F3O5S/c1-13-6-8-14(9-7-13)17-5-3-4-15-12-16(20(25)28-2)10-11-18(15)19(17)29-30(26,27)21(22,23)24/h10-14,17,19H,3-9H2,1-2H3. The molecule has 0 saturated heterocycles. The molecule has 168 valence electrons. The Morgan fingerprint density at radius 2 is 1.77 bits per heavy atom. The predicted molar refractivity (Wildman–Crippen MR) is 104 cm³/mol. The number of aryl methyl sites for hydroxylation is 1.